The second-order valence-corrected chi connectivity index (χ2v) is 9.97. The van der Waals surface area contributed by atoms with Crippen molar-refractivity contribution in [1.82, 2.24) is 4.57 Å². The number of aromatic nitrogens is 1. The smallest absolute Gasteiger partial charge is 0.109 e. The summed E-state index contributed by atoms with van der Waals surface area (Å²) in [7, 11) is 0. The van der Waals surface area contributed by atoms with E-state index in [-0.39, 0.29) is 0 Å². The van der Waals surface area contributed by atoms with E-state index in [1.54, 1.807) is 18.0 Å². The largest absolute Gasteiger partial charge is 0.344 e. The SMILES string of the molecule is C=CN=C(S/C(C)=C/CC=C=CCCC)c1cc(-c2ccc(C#N)cc2)n(CCc2ccccc2)c1C. The van der Waals surface area contributed by atoms with E-state index in [0.29, 0.717) is 5.56 Å². The Labute approximate surface area is 226 Å². The van der Waals surface area contributed by atoms with E-state index in [1.165, 1.54) is 16.2 Å². The van der Waals surface area contributed by atoms with Crippen molar-refractivity contribution in [2.45, 2.75) is 53.0 Å². The van der Waals surface area contributed by atoms with E-state index < -0.39 is 0 Å². The highest BCUT2D eigenvalue weighted by Crippen LogP contribution is 2.32. The fourth-order valence-electron chi connectivity index (χ4n) is 4.02. The molecule has 0 unspecified atom stereocenters. The quantitative estimate of drug-likeness (QED) is 0.148. The van der Waals surface area contributed by atoms with Gasteiger partial charge in [-0.3, -0.25) is 0 Å². The predicted octanol–water partition coefficient (Wildman–Crippen LogP) is 9.01. The van der Waals surface area contributed by atoms with E-state index in [4.69, 9.17) is 0 Å². The van der Waals surface area contributed by atoms with Gasteiger partial charge in [0.05, 0.1) is 11.6 Å². The maximum atomic E-state index is 9.25. The molecule has 0 N–H and O–H groups in total. The first-order valence-electron chi connectivity index (χ1n) is 12.7. The van der Waals surface area contributed by atoms with Crippen molar-refractivity contribution in [3.63, 3.8) is 0 Å². The molecule has 0 atom stereocenters. The van der Waals surface area contributed by atoms with Gasteiger partial charge in [-0.1, -0.05) is 80.2 Å². The maximum Gasteiger partial charge on any atom is 0.109 e. The summed E-state index contributed by atoms with van der Waals surface area (Å²) in [5.41, 5.74) is 9.68. The third-order valence-electron chi connectivity index (χ3n) is 6.03. The monoisotopic (exact) mass is 505 g/mol. The van der Waals surface area contributed by atoms with Crippen LogP contribution in [0.25, 0.3) is 11.3 Å². The lowest BCUT2D eigenvalue weighted by Gasteiger charge is -2.13. The molecule has 0 spiro atoms. The van der Waals surface area contributed by atoms with Crippen LogP contribution in [0.15, 0.2) is 107 Å². The van der Waals surface area contributed by atoms with Crippen LogP contribution in [0.5, 0.6) is 0 Å². The number of unbranched alkanes of at least 4 members (excludes halogenated alkanes) is 1. The first-order valence-corrected chi connectivity index (χ1v) is 13.6. The molecule has 0 radical (unpaired) electrons. The summed E-state index contributed by atoms with van der Waals surface area (Å²) in [6, 6.07) is 22.8. The van der Waals surface area contributed by atoms with Crippen molar-refractivity contribution < 1.29 is 0 Å². The number of hydrogen-bond donors (Lipinski definition) is 0. The number of rotatable bonds is 11. The summed E-state index contributed by atoms with van der Waals surface area (Å²) >= 11 is 1.67. The van der Waals surface area contributed by atoms with Crippen LogP contribution in [0.2, 0.25) is 0 Å². The minimum atomic E-state index is 0.659. The number of nitrogens with zero attached hydrogens (tertiary/aromatic N) is 3. The van der Waals surface area contributed by atoms with Crippen LogP contribution >= 0.6 is 11.8 Å². The molecule has 3 nitrogen and oxygen atoms in total. The van der Waals surface area contributed by atoms with Crippen molar-refractivity contribution >= 4 is 16.8 Å². The number of aliphatic imine (C=N–C) groups is 1. The number of allylic oxidation sites excluding steroid dienone is 3. The van der Waals surface area contributed by atoms with Crippen molar-refractivity contribution in [1.29, 1.82) is 5.26 Å². The minimum absolute atomic E-state index is 0.659. The van der Waals surface area contributed by atoms with Crippen molar-refractivity contribution in [2.24, 2.45) is 4.99 Å². The normalized spacial score (nSPS) is 11.5. The summed E-state index contributed by atoms with van der Waals surface area (Å²) in [4.78, 5) is 5.86. The first kappa shape index (κ1) is 27.8. The highest BCUT2D eigenvalue weighted by atomic mass is 32.2. The Balaban J connectivity index is 1.95. The molecule has 3 rings (SSSR count). The van der Waals surface area contributed by atoms with E-state index in [0.717, 1.165) is 54.1 Å². The summed E-state index contributed by atoms with van der Waals surface area (Å²) in [5.74, 6) is 0. The van der Waals surface area contributed by atoms with Gasteiger partial charge in [-0.15, -0.1) is 5.73 Å². The lowest BCUT2D eigenvalue weighted by Crippen LogP contribution is -2.07. The molecular weight excluding hydrogens is 470 g/mol. The average molecular weight is 506 g/mol. The molecule has 0 amide bonds. The van der Waals surface area contributed by atoms with Gasteiger partial charge in [0.15, 0.2) is 0 Å². The molecule has 0 saturated heterocycles. The fourth-order valence-corrected chi connectivity index (χ4v) is 4.95. The molecular formula is C33H35N3S. The summed E-state index contributed by atoms with van der Waals surface area (Å²) in [6.45, 7) is 11.2. The Bertz CT molecular complexity index is 1340. The van der Waals surface area contributed by atoms with Gasteiger partial charge in [0.25, 0.3) is 0 Å². The lowest BCUT2D eigenvalue weighted by molar-refractivity contribution is 0.688. The van der Waals surface area contributed by atoms with Gasteiger partial charge in [0.2, 0.25) is 0 Å². The predicted molar refractivity (Wildman–Crippen MR) is 160 cm³/mol. The molecule has 1 heterocycles. The summed E-state index contributed by atoms with van der Waals surface area (Å²) in [5, 5.41) is 10.2. The molecule has 0 bridgehead atoms. The Hall–Kier alpha value is -3.77. The van der Waals surface area contributed by atoms with Gasteiger partial charge in [-0.05, 0) is 79.5 Å². The Kier molecular flexibility index (Phi) is 11.1. The second kappa shape index (κ2) is 14.7. The van der Waals surface area contributed by atoms with Gasteiger partial charge in [-0.25, -0.2) is 4.99 Å². The van der Waals surface area contributed by atoms with Gasteiger partial charge >= 0.3 is 0 Å². The van der Waals surface area contributed by atoms with E-state index in [1.807, 2.05) is 30.3 Å². The molecule has 0 saturated carbocycles. The van der Waals surface area contributed by atoms with Gasteiger partial charge in [-0.2, -0.15) is 5.26 Å². The highest BCUT2D eigenvalue weighted by Gasteiger charge is 2.18. The molecule has 37 heavy (non-hydrogen) atoms. The van der Waals surface area contributed by atoms with Crippen LogP contribution in [-0.2, 0) is 13.0 Å². The molecule has 0 aliphatic rings. The van der Waals surface area contributed by atoms with Gasteiger partial charge < -0.3 is 4.57 Å². The maximum absolute atomic E-state index is 9.25. The van der Waals surface area contributed by atoms with Crippen LogP contribution in [0, 0.1) is 18.3 Å². The molecule has 2 aromatic carbocycles. The zero-order chi connectivity index (χ0) is 26.5. The zero-order valence-corrected chi connectivity index (χ0v) is 22.9. The number of hydrogen-bond acceptors (Lipinski definition) is 3. The molecule has 0 aliphatic carbocycles. The Morgan fingerprint density at radius 1 is 1.11 bits per heavy atom. The third kappa shape index (κ3) is 8.12. The van der Waals surface area contributed by atoms with Crippen LogP contribution in [0.3, 0.4) is 0 Å². The highest BCUT2D eigenvalue weighted by molar-refractivity contribution is 8.17. The minimum Gasteiger partial charge on any atom is -0.344 e. The Morgan fingerprint density at radius 2 is 1.86 bits per heavy atom. The van der Waals surface area contributed by atoms with E-state index in [2.05, 4.69) is 97.3 Å². The van der Waals surface area contributed by atoms with Crippen molar-refractivity contribution in [3.05, 3.63) is 125 Å². The van der Waals surface area contributed by atoms with E-state index >= 15 is 0 Å². The van der Waals surface area contributed by atoms with E-state index in [9.17, 15) is 5.26 Å². The van der Waals surface area contributed by atoms with Crippen molar-refractivity contribution in [3.8, 4) is 17.3 Å². The number of thioether (sulfide) groups is 1. The topological polar surface area (TPSA) is 41.1 Å². The molecule has 4 heteroatoms. The first-order chi connectivity index (χ1) is 18.1. The molecule has 3 aromatic rings. The van der Waals surface area contributed by atoms with Crippen LogP contribution < -0.4 is 0 Å². The summed E-state index contributed by atoms with van der Waals surface area (Å²) in [6.07, 6.45) is 12.0. The molecule has 0 fully saturated rings. The third-order valence-corrected chi connectivity index (χ3v) is 7.04. The average Bonchev–Trinajstić information content (AvgIpc) is 3.25. The molecule has 1 aromatic heterocycles. The molecule has 0 aliphatic heterocycles. The second-order valence-electron chi connectivity index (χ2n) is 8.74. The number of nitriles is 1. The van der Waals surface area contributed by atoms with Gasteiger partial charge in [0, 0.05) is 29.7 Å². The molecule has 188 valence electrons. The summed E-state index contributed by atoms with van der Waals surface area (Å²) < 4.78 is 2.36. The van der Waals surface area contributed by atoms with Crippen LogP contribution in [0.1, 0.15) is 55.5 Å². The number of aryl methyl sites for hydroxylation is 1. The van der Waals surface area contributed by atoms with Crippen molar-refractivity contribution in [2.75, 3.05) is 0 Å². The number of benzene rings is 2. The van der Waals surface area contributed by atoms with Crippen LogP contribution in [-0.4, -0.2) is 9.61 Å². The Morgan fingerprint density at radius 3 is 2.54 bits per heavy atom. The zero-order valence-electron chi connectivity index (χ0n) is 22.1. The van der Waals surface area contributed by atoms with Crippen LogP contribution in [0.4, 0.5) is 0 Å². The standard InChI is InChI=1S/C33H35N3S/c1-5-7-8-9-10-12-15-26(3)37-33(35-6-2)31-24-32(30-20-18-29(25-34)19-21-30)36(27(31)4)23-22-28-16-13-11-14-17-28/h6,8,10-11,13-21,24H,2,5,7,12,22-23H2,1,3-4H3/b26-15+,35-33?. The lowest BCUT2D eigenvalue weighted by atomic mass is 10.1. The van der Waals surface area contributed by atoms with Gasteiger partial charge in [0.1, 0.15) is 5.04 Å². The fraction of sp³-hybridized carbons (Fsp3) is 0.242.